The summed E-state index contributed by atoms with van der Waals surface area (Å²) < 4.78 is 25.7. The van der Waals surface area contributed by atoms with E-state index in [1.807, 2.05) is 0 Å². The molecule has 0 bridgehead atoms. The fourth-order valence-corrected chi connectivity index (χ4v) is 4.22. The van der Waals surface area contributed by atoms with Crippen molar-refractivity contribution in [3.8, 4) is 0 Å². The van der Waals surface area contributed by atoms with Crippen molar-refractivity contribution in [3.63, 3.8) is 0 Å². The molecular formula is C18H21N3O4S. The number of hydrogen-bond donors (Lipinski definition) is 1. The Bertz CT molecular complexity index is 952. The normalized spacial score (nSPS) is 13.4. The van der Waals surface area contributed by atoms with Gasteiger partial charge >= 0.3 is 0 Å². The Labute approximate surface area is 152 Å². The summed E-state index contributed by atoms with van der Waals surface area (Å²) in [6, 6.07) is 9.67. The molecule has 8 heteroatoms. The molecule has 0 aliphatic heterocycles. The second-order valence-electron chi connectivity index (χ2n) is 6.26. The first kappa shape index (κ1) is 18.3. The first-order valence-corrected chi connectivity index (χ1v) is 10.3. The molecular weight excluding hydrogens is 354 g/mol. The quantitative estimate of drug-likeness (QED) is 0.769. The SMILES string of the molecule is O=C(CCS(=O)(=O)c1ccccc1)NCCn1nc2c(cc1=O)CCC2. The number of sulfone groups is 1. The second-order valence-corrected chi connectivity index (χ2v) is 8.37. The number of aromatic nitrogens is 2. The fraction of sp³-hybridized carbons (Fsp3) is 0.389. The van der Waals surface area contributed by atoms with Crippen molar-refractivity contribution in [1.29, 1.82) is 0 Å². The molecule has 2 aromatic rings. The third-order valence-electron chi connectivity index (χ3n) is 4.37. The van der Waals surface area contributed by atoms with Gasteiger partial charge in [0.25, 0.3) is 5.56 Å². The van der Waals surface area contributed by atoms with E-state index in [-0.39, 0.29) is 41.6 Å². The summed E-state index contributed by atoms with van der Waals surface area (Å²) in [7, 11) is -3.47. The van der Waals surface area contributed by atoms with Gasteiger partial charge in [0.1, 0.15) is 0 Å². The third-order valence-corrected chi connectivity index (χ3v) is 6.10. The van der Waals surface area contributed by atoms with Gasteiger partial charge in [0.05, 0.1) is 22.9 Å². The lowest BCUT2D eigenvalue weighted by atomic mass is 10.2. The van der Waals surface area contributed by atoms with Gasteiger partial charge in [-0.25, -0.2) is 13.1 Å². The smallest absolute Gasteiger partial charge is 0.267 e. The molecule has 7 nitrogen and oxygen atoms in total. The lowest BCUT2D eigenvalue weighted by Gasteiger charge is -2.09. The molecule has 1 aliphatic carbocycles. The molecule has 1 heterocycles. The van der Waals surface area contributed by atoms with Gasteiger partial charge in [0.15, 0.2) is 9.84 Å². The average molecular weight is 375 g/mol. The van der Waals surface area contributed by atoms with Crippen LogP contribution in [0.3, 0.4) is 0 Å². The van der Waals surface area contributed by atoms with Gasteiger partial charge in [0, 0.05) is 19.0 Å². The zero-order valence-corrected chi connectivity index (χ0v) is 15.2. The molecule has 1 aromatic heterocycles. The Hall–Kier alpha value is -2.48. The predicted octanol–water partition coefficient (Wildman–Crippen LogP) is 0.712. The van der Waals surface area contributed by atoms with Crippen molar-refractivity contribution < 1.29 is 13.2 Å². The fourth-order valence-electron chi connectivity index (χ4n) is 2.96. The molecule has 138 valence electrons. The highest BCUT2D eigenvalue weighted by atomic mass is 32.2. The van der Waals surface area contributed by atoms with Gasteiger partial charge in [-0.3, -0.25) is 9.59 Å². The lowest BCUT2D eigenvalue weighted by Crippen LogP contribution is -2.33. The van der Waals surface area contributed by atoms with Crippen molar-refractivity contribution in [2.45, 2.75) is 37.1 Å². The number of fused-ring (bicyclic) bond motifs is 1. The summed E-state index contributed by atoms with van der Waals surface area (Å²) >= 11 is 0. The second kappa shape index (κ2) is 7.82. The highest BCUT2D eigenvalue weighted by Gasteiger charge is 2.17. The molecule has 0 spiro atoms. The summed E-state index contributed by atoms with van der Waals surface area (Å²) in [5.74, 6) is -0.612. The van der Waals surface area contributed by atoms with Crippen LogP contribution in [0.1, 0.15) is 24.1 Å². The third kappa shape index (κ3) is 4.37. The summed E-state index contributed by atoms with van der Waals surface area (Å²) in [6.07, 6.45) is 2.66. The maximum absolute atomic E-state index is 12.1. The van der Waals surface area contributed by atoms with Gasteiger partial charge in [0.2, 0.25) is 5.91 Å². The van der Waals surface area contributed by atoms with Crippen molar-refractivity contribution in [3.05, 3.63) is 58.0 Å². The molecule has 0 saturated heterocycles. The van der Waals surface area contributed by atoms with E-state index in [0.29, 0.717) is 0 Å². The maximum Gasteiger partial charge on any atom is 0.267 e. The number of carbonyl (C=O) groups is 1. The van der Waals surface area contributed by atoms with Crippen LogP contribution >= 0.6 is 0 Å². The standard InChI is InChI=1S/C18H21N3O4S/c22-17(9-12-26(24,25)15-6-2-1-3-7-15)19-10-11-21-18(23)13-14-5-4-8-16(14)20-21/h1-3,6-7,13H,4-5,8-12H2,(H,19,22). The van der Waals surface area contributed by atoms with Crippen molar-refractivity contribution in [2.75, 3.05) is 12.3 Å². The molecule has 0 unspecified atom stereocenters. The van der Waals surface area contributed by atoms with E-state index >= 15 is 0 Å². The maximum atomic E-state index is 12.1. The van der Waals surface area contributed by atoms with Crippen LogP contribution in [0.2, 0.25) is 0 Å². The van der Waals surface area contributed by atoms with Crippen LogP contribution < -0.4 is 10.9 Å². The van der Waals surface area contributed by atoms with Crippen LogP contribution in [-0.2, 0) is 34.0 Å². The minimum Gasteiger partial charge on any atom is -0.354 e. The van der Waals surface area contributed by atoms with E-state index in [9.17, 15) is 18.0 Å². The first-order valence-electron chi connectivity index (χ1n) is 8.60. The van der Waals surface area contributed by atoms with Crippen LogP contribution in [-0.4, -0.2) is 36.4 Å². The van der Waals surface area contributed by atoms with Crippen LogP contribution in [0.25, 0.3) is 0 Å². The van der Waals surface area contributed by atoms with Gasteiger partial charge < -0.3 is 5.32 Å². The van der Waals surface area contributed by atoms with Crippen LogP contribution in [0, 0.1) is 0 Å². The number of aryl methyl sites for hydroxylation is 2. The molecule has 1 aromatic carbocycles. The Kier molecular flexibility index (Phi) is 5.51. The molecule has 0 fully saturated rings. The average Bonchev–Trinajstić information content (AvgIpc) is 3.08. The molecule has 0 saturated carbocycles. The summed E-state index contributed by atoms with van der Waals surface area (Å²) in [6.45, 7) is 0.499. The molecule has 1 aliphatic rings. The first-order chi connectivity index (χ1) is 12.5. The number of amides is 1. The Morgan fingerprint density at radius 1 is 1.19 bits per heavy atom. The van der Waals surface area contributed by atoms with Gasteiger partial charge in [-0.05, 0) is 37.0 Å². The minimum atomic E-state index is -3.47. The molecule has 3 rings (SSSR count). The molecule has 26 heavy (non-hydrogen) atoms. The van der Waals surface area contributed by atoms with Gasteiger partial charge in [-0.2, -0.15) is 5.10 Å². The molecule has 0 atom stereocenters. The predicted molar refractivity (Wildman–Crippen MR) is 96.6 cm³/mol. The Balaban J connectivity index is 1.49. The Morgan fingerprint density at radius 2 is 1.96 bits per heavy atom. The summed E-state index contributed by atoms with van der Waals surface area (Å²) in [4.78, 5) is 24.1. The minimum absolute atomic E-state index is 0.121. The van der Waals surface area contributed by atoms with Crippen LogP contribution in [0.4, 0.5) is 0 Å². The topological polar surface area (TPSA) is 98.1 Å². The van der Waals surface area contributed by atoms with Gasteiger partial charge in [-0.1, -0.05) is 18.2 Å². The number of nitrogens with zero attached hydrogens (tertiary/aromatic N) is 2. The van der Waals surface area contributed by atoms with E-state index in [0.717, 1.165) is 30.5 Å². The number of carbonyl (C=O) groups excluding carboxylic acids is 1. The van der Waals surface area contributed by atoms with Crippen molar-refractivity contribution in [1.82, 2.24) is 15.1 Å². The molecule has 0 radical (unpaired) electrons. The number of benzene rings is 1. The van der Waals surface area contributed by atoms with Crippen molar-refractivity contribution in [2.24, 2.45) is 0 Å². The number of nitrogens with one attached hydrogen (secondary N) is 1. The van der Waals surface area contributed by atoms with Crippen LogP contribution in [0.15, 0.2) is 46.1 Å². The highest BCUT2D eigenvalue weighted by Crippen LogP contribution is 2.16. The van der Waals surface area contributed by atoms with E-state index < -0.39 is 9.84 Å². The summed E-state index contributed by atoms with van der Waals surface area (Å²) in [5, 5.41) is 6.98. The zero-order valence-electron chi connectivity index (χ0n) is 14.3. The highest BCUT2D eigenvalue weighted by molar-refractivity contribution is 7.91. The van der Waals surface area contributed by atoms with Crippen molar-refractivity contribution >= 4 is 15.7 Å². The van der Waals surface area contributed by atoms with Crippen LogP contribution in [0.5, 0.6) is 0 Å². The Morgan fingerprint density at radius 3 is 2.73 bits per heavy atom. The monoisotopic (exact) mass is 375 g/mol. The molecule has 1 amide bonds. The van der Waals surface area contributed by atoms with E-state index in [1.165, 1.54) is 16.8 Å². The van der Waals surface area contributed by atoms with E-state index in [1.54, 1.807) is 24.3 Å². The molecule has 1 N–H and O–H groups in total. The summed E-state index contributed by atoms with van der Waals surface area (Å²) in [5.41, 5.74) is 1.79. The van der Waals surface area contributed by atoms with E-state index in [2.05, 4.69) is 10.4 Å². The number of hydrogen-bond acceptors (Lipinski definition) is 5. The van der Waals surface area contributed by atoms with E-state index in [4.69, 9.17) is 0 Å². The number of rotatable bonds is 7. The lowest BCUT2D eigenvalue weighted by molar-refractivity contribution is -0.120. The largest absolute Gasteiger partial charge is 0.354 e. The zero-order chi connectivity index (χ0) is 18.6. The van der Waals surface area contributed by atoms with Gasteiger partial charge in [-0.15, -0.1) is 0 Å².